The summed E-state index contributed by atoms with van der Waals surface area (Å²) in [4.78, 5) is 11.9. The van der Waals surface area contributed by atoms with Gasteiger partial charge in [0, 0.05) is 24.1 Å². The summed E-state index contributed by atoms with van der Waals surface area (Å²) in [6, 6.07) is 5.53. The predicted octanol–water partition coefficient (Wildman–Crippen LogP) is 1.89. The molecule has 1 saturated heterocycles. The van der Waals surface area contributed by atoms with E-state index >= 15 is 0 Å². The molecule has 0 bridgehead atoms. The number of primary amides is 1. The molecular weight excluding hydrogens is 347 g/mol. The second kappa shape index (κ2) is 7.09. The molecule has 4 rings (SSSR count). The molecule has 9 heteroatoms. The number of aromatic nitrogens is 2. The molecule has 2 aromatic rings. The van der Waals surface area contributed by atoms with Gasteiger partial charge in [0.15, 0.2) is 5.82 Å². The number of nitrogens with one attached hydrogen (secondary N) is 1. The van der Waals surface area contributed by atoms with Crippen LogP contribution in [0.5, 0.6) is 5.75 Å². The van der Waals surface area contributed by atoms with E-state index in [0.717, 1.165) is 36.2 Å². The largest absolute Gasteiger partial charge is 0.555 e. The summed E-state index contributed by atoms with van der Waals surface area (Å²) >= 11 is 0. The van der Waals surface area contributed by atoms with Gasteiger partial charge in [0.2, 0.25) is 0 Å². The van der Waals surface area contributed by atoms with Crippen molar-refractivity contribution in [2.45, 2.75) is 25.8 Å². The first-order valence-electron chi connectivity index (χ1n) is 8.92. The number of rotatable bonds is 4. The highest BCUT2D eigenvalue weighted by molar-refractivity contribution is 6.54. The van der Waals surface area contributed by atoms with E-state index in [1.165, 1.54) is 0 Å². The molecule has 4 N–H and O–H groups in total. The van der Waals surface area contributed by atoms with E-state index in [2.05, 4.69) is 10.4 Å². The Labute approximate surface area is 157 Å². The monoisotopic (exact) mass is 368 g/mol. The summed E-state index contributed by atoms with van der Waals surface area (Å²) in [5.41, 5.74) is 8.16. The molecule has 3 heterocycles. The fourth-order valence-electron chi connectivity index (χ4n) is 3.30. The van der Waals surface area contributed by atoms with Crippen LogP contribution >= 0.6 is 0 Å². The first kappa shape index (κ1) is 17.6. The number of ether oxygens (including phenoxy) is 1. The van der Waals surface area contributed by atoms with Crippen LogP contribution in [0.4, 0.5) is 11.5 Å². The fraction of sp³-hybridized carbons (Fsp3) is 0.333. The summed E-state index contributed by atoms with van der Waals surface area (Å²) < 4.78 is 12.7. The van der Waals surface area contributed by atoms with Crippen molar-refractivity contribution in [1.29, 1.82) is 0 Å². The molecule has 1 unspecified atom stereocenters. The number of hydrogen-bond acceptors (Lipinski definition) is 6. The quantitative estimate of drug-likeness (QED) is 0.711. The number of nitrogens with zero attached hydrogens (tertiary/aromatic N) is 2. The summed E-state index contributed by atoms with van der Waals surface area (Å²) in [5, 5.41) is 17.5. The van der Waals surface area contributed by atoms with Gasteiger partial charge in [-0.3, -0.25) is 9.48 Å². The minimum atomic E-state index is -0.925. The predicted molar refractivity (Wildman–Crippen MR) is 102 cm³/mol. The Balaban J connectivity index is 1.62. The highest BCUT2D eigenvalue weighted by Gasteiger charge is 2.25. The number of allylic oxidation sites excluding steroid dienone is 1. The van der Waals surface area contributed by atoms with Gasteiger partial charge in [-0.25, -0.2) is 0 Å². The molecule has 2 aliphatic heterocycles. The number of amides is 1. The molecule has 2 aliphatic rings. The Morgan fingerprint density at radius 1 is 1.48 bits per heavy atom. The summed E-state index contributed by atoms with van der Waals surface area (Å²) in [6.45, 7) is 3.12. The van der Waals surface area contributed by atoms with E-state index < -0.39 is 13.0 Å². The SMILES string of the molecule is CC1=Cc2cc(Nc3nn(C4CCCOC4)cc3C(N)=O)ccc2OB1O. The van der Waals surface area contributed by atoms with Crippen LogP contribution in [-0.4, -0.2) is 41.0 Å². The molecule has 0 saturated carbocycles. The average molecular weight is 368 g/mol. The Bertz CT molecular complexity index is 905. The zero-order valence-electron chi connectivity index (χ0n) is 15.0. The number of hydrogen-bond donors (Lipinski definition) is 3. The Hall–Kier alpha value is -2.78. The van der Waals surface area contributed by atoms with E-state index in [0.29, 0.717) is 23.7 Å². The van der Waals surface area contributed by atoms with Gasteiger partial charge < -0.3 is 25.5 Å². The third-order valence-electron chi connectivity index (χ3n) is 4.79. The molecule has 1 amide bonds. The van der Waals surface area contributed by atoms with Crippen LogP contribution in [-0.2, 0) is 4.74 Å². The van der Waals surface area contributed by atoms with Crippen LogP contribution in [0.25, 0.3) is 6.08 Å². The summed E-state index contributed by atoms with van der Waals surface area (Å²) in [6.07, 6.45) is 5.44. The molecular formula is C18H21BN4O4. The standard InChI is InChI=1S/C18H21BN4O4/c1-11-7-12-8-13(4-5-16(12)27-19(11)25)21-18-15(17(20)24)9-23(22-18)14-3-2-6-26-10-14/h4-5,7-9,14,25H,2-3,6,10H2,1H3,(H2,20,24)(H,21,22). The van der Waals surface area contributed by atoms with E-state index in [4.69, 9.17) is 15.1 Å². The molecule has 140 valence electrons. The summed E-state index contributed by atoms with van der Waals surface area (Å²) in [5.74, 6) is 0.463. The van der Waals surface area contributed by atoms with Gasteiger partial charge >= 0.3 is 7.12 Å². The highest BCUT2D eigenvalue weighted by Crippen LogP contribution is 2.32. The van der Waals surface area contributed by atoms with Crippen molar-refractivity contribution in [1.82, 2.24) is 9.78 Å². The Morgan fingerprint density at radius 2 is 2.33 bits per heavy atom. The zero-order valence-corrected chi connectivity index (χ0v) is 15.0. The summed E-state index contributed by atoms with van der Waals surface area (Å²) in [7, 11) is -0.925. The molecule has 0 spiro atoms. The lowest BCUT2D eigenvalue weighted by Crippen LogP contribution is -2.26. The molecule has 0 radical (unpaired) electrons. The number of anilines is 2. The lowest BCUT2D eigenvalue weighted by atomic mass is 9.76. The maximum absolute atomic E-state index is 11.9. The van der Waals surface area contributed by atoms with Crippen molar-refractivity contribution in [3.05, 3.63) is 41.0 Å². The van der Waals surface area contributed by atoms with Crippen LogP contribution in [0.1, 0.15) is 41.7 Å². The van der Waals surface area contributed by atoms with Crippen molar-refractivity contribution in [2.24, 2.45) is 5.73 Å². The topological polar surface area (TPSA) is 112 Å². The second-order valence-corrected chi connectivity index (χ2v) is 6.84. The molecule has 1 atom stereocenters. The fourth-order valence-corrected chi connectivity index (χ4v) is 3.30. The van der Waals surface area contributed by atoms with Gasteiger partial charge in [0.1, 0.15) is 11.3 Å². The molecule has 8 nitrogen and oxygen atoms in total. The van der Waals surface area contributed by atoms with E-state index in [9.17, 15) is 9.82 Å². The molecule has 1 aromatic carbocycles. The first-order chi connectivity index (χ1) is 13.0. The van der Waals surface area contributed by atoms with Crippen molar-refractivity contribution >= 4 is 30.6 Å². The van der Waals surface area contributed by atoms with Gasteiger partial charge in [-0.05, 0) is 43.4 Å². The van der Waals surface area contributed by atoms with Gasteiger partial charge in [-0.15, -0.1) is 0 Å². The van der Waals surface area contributed by atoms with Crippen molar-refractivity contribution in [3.8, 4) is 5.75 Å². The van der Waals surface area contributed by atoms with Gasteiger partial charge in [-0.2, -0.15) is 5.10 Å². The van der Waals surface area contributed by atoms with Gasteiger partial charge in [0.05, 0.1) is 12.6 Å². The van der Waals surface area contributed by atoms with Crippen LogP contribution in [0.2, 0.25) is 0 Å². The lowest BCUT2D eigenvalue weighted by molar-refractivity contribution is 0.0550. The smallest absolute Gasteiger partial charge is 0.532 e. The number of carbonyl (C=O) groups excluding carboxylic acids is 1. The third-order valence-corrected chi connectivity index (χ3v) is 4.79. The molecule has 1 fully saturated rings. The highest BCUT2D eigenvalue weighted by atomic mass is 16.5. The minimum Gasteiger partial charge on any atom is -0.532 e. The van der Waals surface area contributed by atoms with Crippen molar-refractivity contribution in [2.75, 3.05) is 18.5 Å². The number of benzene rings is 1. The van der Waals surface area contributed by atoms with Crippen molar-refractivity contribution < 1.29 is 19.2 Å². The number of fused-ring (bicyclic) bond motifs is 1. The average Bonchev–Trinajstić information content (AvgIpc) is 3.08. The molecule has 27 heavy (non-hydrogen) atoms. The maximum Gasteiger partial charge on any atom is 0.555 e. The van der Waals surface area contributed by atoms with Crippen LogP contribution < -0.4 is 15.7 Å². The molecule has 1 aromatic heterocycles. The minimum absolute atomic E-state index is 0.0939. The second-order valence-electron chi connectivity index (χ2n) is 6.84. The third kappa shape index (κ3) is 3.56. The van der Waals surface area contributed by atoms with Crippen LogP contribution in [0, 0.1) is 0 Å². The molecule has 0 aliphatic carbocycles. The van der Waals surface area contributed by atoms with Gasteiger partial charge in [0.25, 0.3) is 5.91 Å². The van der Waals surface area contributed by atoms with Crippen LogP contribution in [0.3, 0.4) is 0 Å². The Morgan fingerprint density at radius 3 is 3.07 bits per heavy atom. The van der Waals surface area contributed by atoms with Crippen LogP contribution in [0.15, 0.2) is 29.9 Å². The van der Waals surface area contributed by atoms with E-state index in [-0.39, 0.29) is 6.04 Å². The number of nitrogens with two attached hydrogens (primary N) is 1. The maximum atomic E-state index is 11.9. The zero-order chi connectivity index (χ0) is 19.0. The van der Waals surface area contributed by atoms with E-state index in [1.807, 2.05) is 12.1 Å². The normalized spacial score (nSPS) is 19.1. The Kier molecular flexibility index (Phi) is 4.63. The lowest BCUT2D eigenvalue weighted by Gasteiger charge is -2.22. The van der Waals surface area contributed by atoms with E-state index in [1.54, 1.807) is 29.9 Å². The first-order valence-corrected chi connectivity index (χ1v) is 8.92. The number of carbonyl (C=O) groups is 1. The van der Waals surface area contributed by atoms with Crippen molar-refractivity contribution in [3.63, 3.8) is 0 Å². The van der Waals surface area contributed by atoms with Gasteiger partial charge in [-0.1, -0.05) is 6.08 Å².